The van der Waals surface area contributed by atoms with E-state index in [-0.39, 0.29) is 29.9 Å². The van der Waals surface area contributed by atoms with Gasteiger partial charge in [0.1, 0.15) is 11.4 Å². The number of hydrogen-bond acceptors (Lipinski definition) is 7. The molecule has 51 heavy (non-hydrogen) atoms. The van der Waals surface area contributed by atoms with E-state index in [9.17, 15) is 27.9 Å². The van der Waals surface area contributed by atoms with Crippen molar-refractivity contribution >= 4 is 45.3 Å². The van der Waals surface area contributed by atoms with Gasteiger partial charge in [0.15, 0.2) is 11.9 Å². The van der Waals surface area contributed by atoms with Crippen LogP contribution in [0.5, 0.6) is 0 Å². The molecule has 5 rings (SSSR count). The highest BCUT2D eigenvalue weighted by Gasteiger charge is 2.32. The Morgan fingerprint density at radius 1 is 1.04 bits per heavy atom. The molecule has 5 aromatic rings. The minimum Gasteiger partial charge on any atom is -0.480 e. The number of aromatic nitrogens is 3. The number of fused-ring (bicyclic) bond motifs is 1. The number of hydrogen-bond donors (Lipinski definition) is 5. The van der Waals surface area contributed by atoms with E-state index in [1.54, 1.807) is 39.8 Å². The highest BCUT2D eigenvalue weighted by Crippen LogP contribution is 2.29. The van der Waals surface area contributed by atoms with Gasteiger partial charge in [0.05, 0.1) is 28.8 Å². The van der Waals surface area contributed by atoms with Crippen LogP contribution in [0.2, 0.25) is 0 Å². The van der Waals surface area contributed by atoms with Gasteiger partial charge in [-0.3, -0.25) is 13.9 Å². The maximum absolute atomic E-state index is 16.3. The number of imidazole rings is 1. The summed E-state index contributed by atoms with van der Waals surface area (Å²) in [6, 6.07) is 11.7. The number of aliphatic carboxylic acids is 1. The first-order valence-electron chi connectivity index (χ1n) is 16.0. The number of thiol groups is 1. The van der Waals surface area contributed by atoms with Crippen molar-refractivity contribution in [3.63, 3.8) is 0 Å². The summed E-state index contributed by atoms with van der Waals surface area (Å²) in [7, 11) is -3.49. The molecule has 268 valence electrons. The average Bonchev–Trinajstić information content (AvgIpc) is 3.39. The molecule has 12 nitrogen and oxygen atoms in total. The van der Waals surface area contributed by atoms with Crippen LogP contribution in [0.4, 0.5) is 20.4 Å². The van der Waals surface area contributed by atoms with Gasteiger partial charge < -0.3 is 25.3 Å². The third-order valence-corrected chi connectivity index (χ3v) is 9.55. The van der Waals surface area contributed by atoms with Crippen molar-refractivity contribution < 1.29 is 31.9 Å². The number of carbonyl (C=O) groups excluding carboxylic acids is 1. The maximum atomic E-state index is 16.3. The zero-order chi connectivity index (χ0) is 37.1. The van der Waals surface area contributed by atoms with Crippen molar-refractivity contribution in [1.82, 2.24) is 19.9 Å². The molecule has 0 aliphatic carbocycles. The lowest BCUT2D eigenvalue weighted by molar-refractivity contribution is -0.138. The van der Waals surface area contributed by atoms with E-state index >= 15 is 8.78 Å². The number of rotatable bonds is 13. The third-order valence-electron chi connectivity index (χ3n) is 8.71. The van der Waals surface area contributed by atoms with Crippen molar-refractivity contribution in [2.45, 2.75) is 60.2 Å². The normalized spacial score (nSPS) is 11.9. The van der Waals surface area contributed by atoms with E-state index < -0.39 is 63.4 Å². The largest absolute Gasteiger partial charge is 0.480 e. The zero-order valence-corrected chi connectivity index (χ0v) is 29.5. The number of aryl methyl sites for hydroxylation is 7. The van der Waals surface area contributed by atoms with Crippen LogP contribution in [0.3, 0.4) is 0 Å². The van der Waals surface area contributed by atoms with Crippen molar-refractivity contribution in [3.8, 4) is 0 Å². The molecule has 1 atom stereocenters. The van der Waals surface area contributed by atoms with Gasteiger partial charge in [-0.05, 0) is 63.8 Å². The number of H-pyrrole nitrogens is 1. The molecule has 2 heterocycles. The first-order valence-corrected chi connectivity index (χ1v) is 17.2. The summed E-state index contributed by atoms with van der Waals surface area (Å²) >= 11 is 0. The number of nitrogens with one attached hydrogen (secondary N) is 3. The number of halogens is 2. The summed E-state index contributed by atoms with van der Waals surface area (Å²) in [5, 5.41) is 14.9. The molecule has 0 aliphatic rings. The van der Waals surface area contributed by atoms with E-state index in [2.05, 4.69) is 20.6 Å². The maximum Gasteiger partial charge on any atom is 0.329 e. The summed E-state index contributed by atoms with van der Waals surface area (Å²) in [5.41, 5.74) is 2.31. The van der Waals surface area contributed by atoms with Crippen molar-refractivity contribution in [1.29, 1.82) is 0 Å². The Morgan fingerprint density at radius 2 is 1.71 bits per heavy atom. The lowest BCUT2D eigenvalue weighted by atomic mass is 10.0. The predicted octanol–water partition coefficient (Wildman–Crippen LogP) is 4.62. The van der Waals surface area contributed by atoms with Crippen LogP contribution < -0.4 is 20.4 Å². The van der Waals surface area contributed by atoms with Gasteiger partial charge in [0.2, 0.25) is 22.3 Å². The molecule has 3 aromatic carbocycles. The molecule has 0 radical (unpaired) electrons. The average molecular weight is 721 g/mol. The molecule has 4 N–H and O–H groups in total. The van der Waals surface area contributed by atoms with E-state index in [1.807, 2.05) is 37.3 Å². The van der Waals surface area contributed by atoms with Gasteiger partial charge in [-0.25, -0.2) is 27.0 Å². The predicted molar refractivity (Wildman–Crippen MR) is 191 cm³/mol. The molecule has 0 saturated heterocycles. The first kappa shape index (κ1) is 36.7. The number of nitrogens with zero attached hydrogens (tertiary/aromatic N) is 3. The Labute approximate surface area is 294 Å². The smallest absolute Gasteiger partial charge is 0.329 e. The molecule has 0 fully saturated rings. The fraction of sp³-hybridized carbons (Fsp3) is 0.278. The quantitative estimate of drug-likeness (QED) is 0.110. The van der Waals surface area contributed by atoms with Gasteiger partial charge in [0.25, 0.3) is 5.91 Å². The summed E-state index contributed by atoms with van der Waals surface area (Å²) < 4.78 is 58.8. The lowest BCUT2D eigenvalue weighted by Crippen LogP contribution is -2.49. The second-order valence-corrected chi connectivity index (χ2v) is 13.3. The highest BCUT2D eigenvalue weighted by molar-refractivity contribution is 7.74. The molecular weight excluding hydrogens is 682 g/mol. The Morgan fingerprint density at radius 3 is 2.29 bits per heavy atom. The van der Waals surface area contributed by atoms with Crippen molar-refractivity contribution in [2.24, 2.45) is 0 Å². The Hall–Kier alpha value is -5.57. The second-order valence-electron chi connectivity index (χ2n) is 12.4. The lowest BCUT2D eigenvalue weighted by Gasteiger charge is -2.28. The molecule has 0 spiro atoms. The van der Waals surface area contributed by atoms with Crippen LogP contribution in [0.15, 0.2) is 59.5 Å². The van der Waals surface area contributed by atoms with Gasteiger partial charge in [0, 0.05) is 30.5 Å². The van der Waals surface area contributed by atoms with E-state index in [0.29, 0.717) is 33.5 Å². The summed E-state index contributed by atoms with van der Waals surface area (Å²) in [6.07, 6.45) is 1.51. The summed E-state index contributed by atoms with van der Waals surface area (Å²) in [4.78, 5) is 47.0. The zero-order valence-electron chi connectivity index (χ0n) is 28.6. The number of anilines is 2. The van der Waals surface area contributed by atoms with Gasteiger partial charge >= 0.3 is 5.97 Å². The van der Waals surface area contributed by atoms with Gasteiger partial charge in [-0.1, -0.05) is 48.0 Å². The first-order chi connectivity index (χ1) is 24.2. The minimum atomic E-state index is -3.49. The Balaban J connectivity index is 1.53. The molecule has 0 bridgehead atoms. The topological polar surface area (TPSA) is 166 Å². The molecule has 2 aromatic heterocycles. The molecular formula is C36H38F2N6O6S. The standard InChI is InChI=1S/C36H38F2N6O6S/c1-19-13-20(2)31(21(3)14-19)44(51(49)50)29(35(47)48)17-39-34(46)27-18-43(12-11-24-9-7-6-8-10-24)32-25(33(27)45)15-28(37)26(30(32)38)16-40-36-41-22(4)23(5)42-36/h6-10,13-15,18,29,51H,11-12,16-17H2,1-5H3,(H,39,46)(H,47,48)(H2,40,41,42). The number of carbonyl (C=O) groups is 2. The monoisotopic (exact) mass is 720 g/mol. The molecule has 15 heteroatoms. The van der Waals surface area contributed by atoms with Crippen LogP contribution in [-0.2, 0) is 35.2 Å². The fourth-order valence-corrected chi connectivity index (χ4v) is 7.06. The Kier molecular flexibility index (Phi) is 10.9. The number of benzene rings is 3. The SMILES string of the molecule is Cc1cc(C)c(N(C(CNC(=O)c2cn(CCc3ccccc3)c3c(F)c(CNc4nc(C)c(C)[nH]4)c(F)cc3c2=O)C(=O)O)[SH](=O)=O)c(C)c1. The van der Waals surface area contributed by atoms with Gasteiger partial charge in [-0.2, -0.15) is 0 Å². The number of aromatic amines is 1. The van der Waals surface area contributed by atoms with E-state index in [1.165, 1.54) is 4.57 Å². The van der Waals surface area contributed by atoms with Crippen LogP contribution in [0.25, 0.3) is 10.9 Å². The summed E-state index contributed by atoms with van der Waals surface area (Å²) in [6.45, 7) is 7.75. The molecule has 1 amide bonds. The summed E-state index contributed by atoms with van der Waals surface area (Å²) in [5.74, 6) is -4.31. The molecule has 0 saturated carbocycles. The highest BCUT2D eigenvalue weighted by atomic mass is 32.2. The number of pyridine rings is 1. The number of amides is 1. The number of carboxylic acid groups (broad SMARTS) is 1. The minimum absolute atomic E-state index is 0.0846. The number of carboxylic acids is 1. The van der Waals surface area contributed by atoms with Crippen molar-refractivity contribution in [2.75, 3.05) is 16.2 Å². The Bertz CT molecular complexity index is 2240. The third kappa shape index (κ3) is 7.77. The van der Waals surface area contributed by atoms with E-state index in [4.69, 9.17) is 0 Å². The van der Waals surface area contributed by atoms with Crippen LogP contribution >= 0.6 is 0 Å². The molecule has 1 unspecified atom stereocenters. The van der Waals surface area contributed by atoms with Crippen LogP contribution in [-0.4, -0.2) is 52.5 Å². The van der Waals surface area contributed by atoms with Crippen LogP contribution in [0.1, 0.15) is 49.6 Å². The van der Waals surface area contributed by atoms with Crippen molar-refractivity contribution in [3.05, 3.63) is 121 Å². The van der Waals surface area contributed by atoms with E-state index in [0.717, 1.165) is 29.1 Å². The van der Waals surface area contributed by atoms with Crippen LogP contribution in [0, 0.1) is 46.3 Å². The fourth-order valence-electron chi connectivity index (χ4n) is 6.17. The second kappa shape index (κ2) is 15.1. The van der Waals surface area contributed by atoms with Gasteiger partial charge in [-0.15, -0.1) is 0 Å². The molecule has 0 aliphatic heterocycles.